The number of hydrogen-bond acceptors (Lipinski definition) is 5. The highest BCUT2D eigenvalue weighted by Crippen LogP contribution is 2.25. The molecule has 0 atom stereocenters. The number of carbonyl (C=O) groups is 1. The van der Waals surface area contributed by atoms with Gasteiger partial charge in [-0.1, -0.05) is 30.0 Å². The number of rotatable bonds is 4. The maximum absolute atomic E-state index is 12.2. The van der Waals surface area contributed by atoms with Crippen molar-refractivity contribution in [2.75, 3.05) is 11.1 Å². The van der Waals surface area contributed by atoms with E-state index < -0.39 is 0 Å². The number of para-hydroxylation sites is 1. The van der Waals surface area contributed by atoms with Crippen molar-refractivity contribution in [3.05, 3.63) is 47.2 Å². The molecule has 0 aliphatic rings. The molecule has 6 nitrogen and oxygen atoms in total. The molecule has 0 fully saturated rings. The molecule has 0 bridgehead atoms. The van der Waals surface area contributed by atoms with Crippen LogP contribution >= 0.6 is 11.8 Å². The van der Waals surface area contributed by atoms with Crippen LogP contribution in [-0.4, -0.2) is 26.4 Å². The monoisotopic (exact) mass is 351 g/mol. The second-order valence-corrected chi connectivity index (χ2v) is 6.72. The third-order valence-corrected chi connectivity index (χ3v) is 4.80. The third-order valence-electron chi connectivity index (χ3n) is 3.89. The predicted octanol–water partition coefficient (Wildman–Crippen LogP) is 3.19. The molecule has 1 aromatic carbocycles. The van der Waals surface area contributed by atoms with Gasteiger partial charge in [-0.05, 0) is 31.0 Å². The second-order valence-electron chi connectivity index (χ2n) is 5.73. The zero-order valence-electron chi connectivity index (χ0n) is 14.2. The number of anilines is 1. The smallest absolute Gasteiger partial charge is 0.235 e. The van der Waals surface area contributed by atoms with Crippen LogP contribution in [0.15, 0.2) is 35.5 Å². The van der Waals surface area contributed by atoms with Gasteiger partial charge in [0.1, 0.15) is 17.5 Å². The molecule has 3 aromatic rings. The van der Waals surface area contributed by atoms with Crippen molar-refractivity contribution in [2.24, 2.45) is 7.05 Å². The fourth-order valence-corrected chi connectivity index (χ4v) is 3.35. The van der Waals surface area contributed by atoms with Crippen LogP contribution in [0.3, 0.4) is 0 Å². The Morgan fingerprint density at radius 2 is 2.16 bits per heavy atom. The van der Waals surface area contributed by atoms with Crippen LogP contribution < -0.4 is 5.32 Å². The van der Waals surface area contributed by atoms with Crippen LogP contribution in [0.5, 0.6) is 0 Å². The highest BCUT2D eigenvalue weighted by atomic mass is 32.2. The minimum atomic E-state index is -0.200. The van der Waals surface area contributed by atoms with Gasteiger partial charge >= 0.3 is 0 Å². The largest absolute Gasteiger partial charge is 0.309 e. The molecule has 2 heterocycles. The molecule has 1 N–H and O–H groups in total. The van der Waals surface area contributed by atoms with Gasteiger partial charge in [0.25, 0.3) is 0 Å². The maximum Gasteiger partial charge on any atom is 0.235 e. The Labute approximate surface area is 149 Å². The van der Waals surface area contributed by atoms with Crippen molar-refractivity contribution >= 4 is 34.4 Å². The van der Waals surface area contributed by atoms with Crippen molar-refractivity contribution in [1.29, 1.82) is 5.26 Å². The zero-order chi connectivity index (χ0) is 18.0. The van der Waals surface area contributed by atoms with Gasteiger partial charge in [0, 0.05) is 12.4 Å². The highest BCUT2D eigenvalue weighted by molar-refractivity contribution is 7.99. The minimum Gasteiger partial charge on any atom is -0.309 e. The van der Waals surface area contributed by atoms with Crippen LogP contribution in [0.4, 0.5) is 5.82 Å². The van der Waals surface area contributed by atoms with E-state index in [1.165, 1.54) is 22.6 Å². The molecule has 0 unspecified atom stereocenters. The van der Waals surface area contributed by atoms with E-state index in [9.17, 15) is 4.79 Å². The number of nitrogens with one attached hydrogen (secondary N) is 1. The summed E-state index contributed by atoms with van der Waals surface area (Å²) in [6.45, 7) is 4.07. The van der Waals surface area contributed by atoms with Crippen molar-refractivity contribution in [3.63, 3.8) is 0 Å². The molecule has 7 heteroatoms. The number of thioether (sulfide) groups is 1. The lowest BCUT2D eigenvalue weighted by Crippen LogP contribution is -2.17. The average molecular weight is 351 g/mol. The standard InChI is InChI=1S/C18H17N5OS/c1-11-5-4-6-14-12(2)7-16(22-17(11)14)25-10-15(24)21-18-13(8-19)9-20-23(18)3/h4-7,9H,10H2,1-3H3,(H,21,24). The van der Waals surface area contributed by atoms with Crippen molar-refractivity contribution in [2.45, 2.75) is 18.9 Å². The summed E-state index contributed by atoms with van der Waals surface area (Å²) in [6.07, 6.45) is 1.43. The van der Waals surface area contributed by atoms with Crippen molar-refractivity contribution in [3.8, 4) is 6.07 Å². The maximum atomic E-state index is 12.2. The van der Waals surface area contributed by atoms with E-state index >= 15 is 0 Å². The summed E-state index contributed by atoms with van der Waals surface area (Å²) in [5.41, 5.74) is 3.55. The Hall–Kier alpha value is -2.85. The zero-order valence-corrected chi connectivity index (χ0v) is 15.0. The van der Waals surface area contributed by atoms with Gasteiger partial charge in [0.05, 0.1) is 22.5 Å². The molecule has 0 aliphatic heterocycles. The topological polar surface area (TPSA) is 83.6 Å². The summed E-state index contributed by atoms with van der Waals surface area (Å²) >= 11 is 1.37. The van der Waals surface area contributed by atoms with Gasteiger partial charge in [-0.25, -0.2) is 4.98 Å². The first kappa shape index (κ1) is 17.0. The van der Waals surface area contributed by atoms with Gasteiger partial charge in [0.15, 0.2) is 0 Å². The van der Waals surface area contributed by atoms with Gasteiger partial charge in [0.2, 0.25) is 5.91 Å². The van der Waals surface area contributed by atoms with E-state index in [4.69, 9.17) is 5.26 Å². The SMILES string of the molecule is Cc1cc(SCC(=O)Nc2c(C#N)cnn2C)nc2c(C)cccc12. The molecule has 0 saturated heterocycles. The van der Waals surface area contributed by atoms with Gasteiger partial charge in [-0.3, -0.25) is 9.48 Å². The van der Waals surface area contributed by atoms with Crippen LogP contribution in [0, 0.1) is 25.2 Å². The summed E-state index contributed by atoms with van der Waals surface area (Å²) < 4.78 is 1.48. The first-order valence-corrected chi connectivity index (χ1v) is 8.70. The number of hydrogen-bond donors (Lipinski definition) is 1. The fourth-order valence-electron chi connectivity index (χ4n) is 2.58. The quantitative estimate of drug-likeness (QED) is 0.730. The molecule has 1 amide bonds. The average Bonchev–Trinajstić information content (AvgIpc) is 2.94. The lowest BCUT2D eigenvalue weighted by atomic mass is 10.1. The summed E-state index contributed by atoms with van der Waals surface area (Å²) in [6, 6.07) is 10.1. The van der Waals surface area contributed by atoms with Gasteiger partial charge < -0.3 is 5.32 Å². The number of pyridine rings is 1. The Bertz CT molecular complexity index is 1000. The van der Waals surface area contributed by atoms with Gasteiger partial charge in [-0.2, -0.15) is 10.4 Å². The number of nitrogens with zero attached hydrogens (tertiary/aromatic N) is 4. The van der Waals surface area contributed by atoms with Crippen molar-refractivity contribution < 1.29 is 4.79 Å². The summed E-state index contributed by atoms with van der Waals surface area (Å²) in [5, 5.41) is 17.7. The second kappa shape index (κ2) is 6.95. The number of carbonyl (C=O) groups excluding carboxylic acids is 1. The lowest BCUT2D eigenvalue weighted by Gasteiger charge is -2.09. The number of amides is 1. The molecule has 0 radical (unpaired) electrons. The molecule has 0 aliphatic carbocycles. The van der Waals surface area contributed by atoms with Crippen molar-refractivity contribution in [1.82, 2.24) is 14.8 Å². The molecule has 0 spiro atoms. The van der Waals surface area contributed by atoms with E-state index in [0.29, 0.717) is 11.4 Å². The molecule has 126 valence electrons. The van der Waals surface area contributed by atoms with Crippen LogP contribution in [0.1, 0.15) is 16.7 Å². The Morgan fingerprint density at radius 3 is 2.92 bits per heavy atom. The Balaban J connectivity index is 1.74. The Kier molecular flexibility index (Phi) is 4.72. The molecule has 25 heavy (non-hydrogen) atoms. The number of aromatic nitrogens is 3. The Morgan fingerprint density at radius 1 is 1.36 bits per heavy atom. The van der Waals surface area contributed by atoms with E-state index in [-0.39, 0.29) is 11.7 Å². The highest BCUT2D eigenvalue weighted by Gasteiger charge is 2.13. The molecule has 0 saturated carbocycles. The van der Waals surface area contributed by atoms with Gasteiger partial charge in [-0.15, -0.1) is 0 Å². The van der Waals surface area contributed by atoms with E-state index in [2.05, 4.69) is 21.5 Å². The van der Waals surface area contributed by atoms with E-state index in [1.54, 1.807) is 7.05 Å². The van der Waals surface area contributed by atoms with Crippen LogP contribution in [-0.2, 0) is 11.8 Å². The summed E-state index contributed by atoms with van der Waals surface area (Å²) in [5.74, 6) is 0.417. The first-order valence-electron chi connectivity index (χ1n) is 7.71. The fraction of sp³-hybridized carbons (Fsp3) is 0.222. The molecule has 2 aromatic heterocycles. The lowest BCUT2D eigenvalue weighted by molar-refractivity contribution is -0.113. The normalized spacial score (nSPS) is 10.6. The molecule has 3 rings (SSSR count). The predicted molar refractivity (Wildman–Crippen MR) is 98.5 cm³/mol. The number of nitriles is 1. The third kappa shape index (κ3) is 3.49. The molecular weight excluding hydrogens is 334 g/mol. The van der Waals surface area contributed by atoms with Crippen LogP contribution in [0.25, 0.3) is 10.9 Å². The summed E-state index contributed by atoms with van der Waals surface area (Å²) in [4.78, 5) is 16.9. The number of fused-ring (bicyclic) bond motifs is 1. The van der Waals surface area contributed by atoms with Crippen LogP contribution in [0.2, 0.25) is 0 Å². The number of aryl methyl sites for hydroxylation is 3. The minimum absolute atomic E-state index is 0.200. The van der Waals surface area contributed by atoms with E-state index in [1.807, 2.05) is 38.1 Å². The summed E-state index contributed by atoms with van der Waals surface area (Å²) in [7, 11) is 1.68. The molecular formula is C18H17N5OS. The number of benzene rings is 1. The first-order chi connectivity index (χ1) is 12.0. The van der Waals surface area contributed by atoms with E-state index in [0.717, 1.165) is 27.1 Å².